The molecule has 0 heterocycles. The molecule has 0 fully saturated rings. The predicted molar refractivity (Wildman–Crippen MR) is 167 cm³/mol. The Morgan fingerprint density at radius 2 is 1.62 bits per heavy atom. The lowest BCUT2D eigenvalue weighted by Crippen LogP contribution is -2.52. The summed E-state index contributed by atoms with van der Waals surface area (Å²) in [7, 11) is -2.56. The summed E-state index contributed by atoms with van der Waals surface area (Å²) in [4.78, 5) is 29.1. The number of methoxy groups -OCH3 is 1. The molecule has 3 aromatic rings. The van der Waals surface area contributed by atoms with E-state index in [-0.39, 0.29) is 23.3 Å². The fourth-order valence-electron chi connectivity index (χ4n) is 4.56. The van der Waals surface area contributed by atoms with Gasteiger partial charge in [0.1, 0.15) is 18.3 Å². The van der Waals surface area contributed by atoms with E-state index in [2.05, 4.69) is 5.32 Å². The molecule has 226 valence electrons. The van der Waals surface area contributed by atoms with Crippen molar-refractivity contribution in [2.24, 2.45) is 5.92 Å². The van der Waals surface area contributed by atoms with Crippen LogP contribution in [0.25, 0.3) is 0 Å². The third kappa shape index (κ3) is 8.12. The quantitative estimate of drug-likeness (QED) is 0.287. The average molecular weight is 594 g/mol. The van der Waals surface area contributed by atoms with Crippen LogP contribution in [0, 0.1) is 26.7 Å². The van der Waals surface area contributed by atoms with E-state index in [0.717, 1.165) is 26.6 Å². The maximum absolute atomic E-state index is 14.2. The van der Waals surface area contributed by atoms with Gasteiger partial charge in [0, 0.05) is 13.1 Å². The van der Waals surface area contributed by atoms with Gasteiger partial charge in [0.15, 0.2) is 0 Å². The Balaban J connectivity index is 2.08. The van der Waals surface area contributed by atoms with Crippen LogP contribution >= 0.6 is 0 Å². The van der Waals surface area contributed by atoms with Crippen LogP contribution in [0.1, 0.15) is 49.4 Å². The van der Waals surface area contributed by atoms with Crippen LogP contribution in [0.2, 0.25) is 0 Å². The molecule has 8 nitrogen and oxygen atoms in total. The second kappa shape index (κ2) is 14.4. The average Bonchev–Trinajstić information content (AvgIpc) is 2.96. The molecular formula is C33H43N3O5S. The van der Waals surface area contributed by atoms with Gasteiger partial charge in [0.25, 0.3) is 10.0 Å². The molecule has 1 N–H and O–H groups in total. The first-order chi connectivity index (χ1) is 19.9. The van der Waals surface area contributed by atoms with Gasteiger partial charge >= 0.3 is 0 Å². The zero-order valence-corrected chi connectivity index (χ0v) is 26.5. The number of nitrogens with zero attached hydrogens (tertiary/aromatic N) is 2. The van der Waals surface area contributed by atoms with Crippen molar-refractivity contribution in [1.82, 2.24) is 10.2 Å². The van der Waals surface area contributed by atoms with Crippen molar-refractivity contribution in [3.05, 3.63) is 89.0 Å². The second-order valence-electron chi connectivity index (χ2n) is 11.0. The summed E-state index contributed by atoms with van der Waals surface area (Å²) >= 11 is 0. The summed E-state index contributed by atoms with van der Waals surface area (Å²) in [5.41, 5.74) is 3.97. The minimum Gasteiger partial charge on any atom is -0.497 e. The molecule has 0 saturated heterocycles. The molecular weight excluding hydrogens is 550 g/mol. The van der Waals surface area contributed by atoms with E-state index in [1.165, 1.54) is 4.90 Å². The van der Waals surface area contributed by atoms with Gasteiger partial charge in [-0.2, -0.15) is 0 Å². The minimum atomic E-state index is -4.12. The monoisotopic (exact) mass is 593 g/mol. The molecule has 3 rings (SSSR count). The summed E-state index contributed by atoms with van der Waals surface area (Å²) < 4.78 is 34.6. The lowest BCUT2D eigenvalue weighted by atomic mass is 10.1. The third-order valence-corrected chi connectivity index (χ3v) is 9.01. The van der Waals surface area contributed by atoms with E-state index in [0.29, 0.717) is 24.4 Å². The number of nitrogens with one attached hydrogen (secondary N) is 1. The summed E-state index contributed by atoms with van der Waals surface area (Å²) in [5.74, 6) is 0.0877. The normalized spacial score (nSPS) is 12.1. The molecule has 0 unspecified atom stereocenters. The summed E-state index contributed by atoms with van der Waals surface area (Å²) in [6, 6.07) is 18.4. The predicted octanol–water partition coefficient (Wildman–Crippen LogP) is 5.40. The SMILES string of the molecule is CC[C@@H](C(=O)NCC(C)C)N(Cc1cccc(OC)c1)C(=O)CN(c1ccc(C)c(C)c1)S(=O)(=O)c1ccc(C)cc1. The molecule has 0 aliphatic rings. The first-order valence-electron chi connectivity index (χ1n) is 14.2. The first kappa shape index (κ1) is 32.7. The number of benzene rings is 3. The first-order valence-corrected chi connectivity index (χ1v) is 15.7. The van der Waals surface area contributed by atoms with Gasteiger partial charge in [0.05, 0.1) is 17.7 Å². The maximum atomic E-state index is 14.2. The van der Waals surface area contributed by atoms with Gasteiger partial charge in [-0.1, -0.05) is 56.7 Å². The zero-order valence-electron chi connectivity index (χ0n) is 25.7. The van der Waals surface area contributed by atoms with Gasteiger partial charge in [-0.3, -0.25) is 13.9 Å². The van der Waals surface area contributed by atoms with Crippen molar-refractivity contribution >= 4 is 27.5 Å². The van der Waals surface area contributed by atoms with E-state index in [9.17, 15) is 18.0 Å². The second-order valence-corrected chi connectivity index (χ2v) is 12.9. The van der Waals surface area contributed by atoms with E-state index < -0.39 is 28.5 Å². The molecule has 0 aromatic heterocycles. The minimum absolute atomic E-state index is 0.0835. The van der Waals surface area contributed by atoms with Crippen molar-refractivity contribution in [3.8, 4) is 5.75 Å². The molecule has 9 heteroatoms. The van der Waals surface area contributed by atoms with Crippen LogP contribution < -0.4 is 14.4 Å². The van der Waals surface area contributed by atoms with Gasteiger partial charge in [0.2, 0.25) is 11.8 Å². The van der Waals surface area contributed by atoms with E-state index >= 15 is 0 Å². The van der Waals surface area contributed by atoms with Crippen LogP contribution in [0.4, 0.5) is 5.69 Å². The van der Waals surface area contributed by atoms with Gasteiger partial charge < -0.3 is 15.0 Å². The lowest BCUT2D eigenvalue weighted by molar-refractivity contribution is -0.140. The van der Waals surface area contributed by atoms with Crippen molar-refractivity contribution in [3.63, 3.8) is 0 Å². The topological polar surface area (TPSA) is 96.0 Å². The van der Waals surface area contributed by atoms with E-state index in [1.807, 2.05) is 65.8 Å². The fourth-order valence-corrected chi connectivity index (χ4v) is 5.96. The number of hydrogen-bond donors (Lipinski definition) is 1. The number of carbonyl (C=O) groups excluding carboxylic acids is 2. The highest BCUT2D eigenvalue weighted by Crippen LogP contribution is 2.27. The van der Waals surface area contributed by atoms with Gasteiger partial charge in [-0.25, -0.2) is 8.42 Å². The Kier molecular flexibility index (Phi) is 11.2. The Bertz CT molecular complexity index is 1490. The van der Waals surface area contributed by atoms with Crippen molar-refractivity contribution in [2.75, 3.05) is 24.5 Å². The number of sulfonamides is 1. The van der Waals surface area contributed by atoms with Gasteiger partial charge in [-0.05, 0) is 86.2 Å². The number of rotatable bonds is 13. The number of amides is 2. The maximum Gasteiger partial charge on any atom is 0.264 e. The van der Waals surface area contributed by atoms with Crippen LogP contribution in [0.3, 0.4) is 0 Å². The Morgan fingerprint density at radius 3 is 2.21 bits per heavy atom. The molecule has 42 heavy (non-hydrogen) atoms. The highest BCUT2D eigenvalue weighted by Gasteiger charge is 2.34. The van der Waals surface area contributed by atoms with Crippen molar-refractivity contribution in [2.45, 2.75) is 65.4 Å². The molecule has 1 atom stereocenters. The fraction of sp³-hybridized carbons (Fsp3) is 0.394. The number of aryl methyl sites for hydroxylation is 3. The smallest absolute Gasteiger partial charge is 0.264 e. The Morgan fingerprint density at radius 1 is 0.929 bits per heavy atom. The van der Waals surface area contributed by atoms with E-state index in [4.69, 9.17) is 4.74 Å². The molecule has 0 spiro atoms. The summed E-state index contributed by atoms with van der Waals surface area (Å²) in [5, 5.41) is 2.95. The number of anilines is 1. The Labute approximate surface area is 250 Å². The lowest BCUT2D eigenvalue weighted by Gasteiger charge is -2.33. The van der Waals surface area contributed by atoms with Crippen LogP contribution in [-0.2, 0) is 26.2 Å². The molecule has 3 aromatic carbocycles. The van der Waals surface area contributed by atoms with Crippen LogP contribution in [0.5, 0.6) is 5.75 Å². The molecule has 0 aliphatic heterocycles. The third-order valence-electron chi connectivity index (χ3n) is 7.22. The zero-order chi connectivity index (χ0) is 31.0. The molecule has 0 bridgehead atoms. The molecule has 2 amide bonds. The van der Waals surface area contributed by atoms with Crippen molar-refractivity contribution < 1.29 is 22.7 Å². The summed E-state index contributed by atoms with van der Waals surface area (Å²) in [6.07, 6.45) is 0.355. The van der Waals surface area contributed by atoms with Crippen LogP contribution in [0.15, 0.2) is 71.6 Å². The number of hydrogen-bond acceptors (Lipinski definition) is 5. The highest BCUT2D eigenvalue weighted by atomic mass is 32.2. The molecule has 0 aliphatic carbocycles. The number of carbonyl (C=O) groups is 2. The van der Waals surface area contributed by atoms with Crippen LogP contribution in [-0.4, -0.2) is 51.4 Å². The largest absolute Gasteiger partial charge is 0.497 e. The molecule has 0 saturated carbocycles. The number of ether oxygens (including phenoxy) is 1. The van der Waals surface area contributed by atoms with Gasteiger partial charge in [-0.15, -0.1) is 0 Å². The molecule has 0 radical (unpaired) electrons. The standard InChI is InChI=1S/C33H43N3O5S/c1-8-31(33(38)34-20-23(2)3)35(21-27-10-9-11-29(19-27)41-7)32(37)22-36(28-15-14-25(5)26(6)18-28)42(39,40)30-16-12-24(4)13-17-30/h9-19,23,31H,8,20-22H2,1-7H3,(H,34,38)/t31-/m0/s1. The Hall–Kier alpha value is -3.85. The summed E-state index contributed by atoms with van der Waals surface area (Å²) in [6.45, 7) is 11.7. The highest BCUT2D eigenvalue weighted by molar-refractivity contribution is 7.92. The van der Waals surface area contributed by atoms with Crippen molar-refractivity contribution in [1.29, 1.82) is 0 Å². The van der Waals surface area contributed by atoms with E-state index in [1.54, 1.807) is 49.6 Å².